The fourth-order valence-electron chi connectivity index (χ4n) is 1.07. The van der Waals surface area contributed by atoms with Crippen molar-refractivity contribution in [1.82, 2.24) is 5.32 Å². The number of alkyl halides is 1. The minimum absolute atomic E-state index is 0.107. The average molecular weight is 269 g/mol. The molecule has 0 aliphatic heterocycles. The number of hydrogen-bond donors (Lipinski definition) is 1. The molecule has 3 heteroatoms. The number of hydrogen-bond acceptors (Lipinski definition) is 2. The highest BCUT2D eigenvalue weighted by Gasteiger charge is 2.29. The number of nitrogens with one attached hydrogen (secondary N) is 1. The van der Waals surface area contributed by atoms with Gasteiger partial charge in [0.05, 0.1) is 3.92 Å². The average Bonchev–Trinajstić information content (AvgIpc) is 1.86. The Morgan fingerprint density at radius 1 is 1.64 bits per heavy atom. The van der Waals surface area contributed by atoms with Crippen molar-refractivity contribution in [2.75, 3.05) is 13.6 Å². The van der Waals surface area contributed by atoms with Crippen LogP contribution in [0.1, 0.15) is 20.8 Å². The molecule has 0 fully saturated rings. The molecule has 2 nitrogen and oxygen atoms in total. The second-order valence-corrected chi connectivity index (χ2v) is 5.26. The molecule has 0 bridgehead atoms. The predicted octanol–water partition coefficient (Wildman–Crippen LogP) is 1.62. The summed E-state index contributed by atoms with van der Waals surface area (Å²) < 4.78 is 0.107. The standard InChI is InChI=1S/C8H16INO/c1-6(9)7(11)8(2,3)5-10-4/h6,10H,5H2,1-4H3. The van der Waals surface area contributed by atoms with Crippen LogP contribution in [0.5, 0.6) is 0 Å². The van der Waals surface area contributed by atoms with Gasteiger partial charge in [-0.25, -0.2) is 0 Å². The summed E-state index contributed by atoms with van der Waals surface area (Å²) in [6.07, 6.45) is 0. The highest BCUT2D eigenvalue weighted by molar-refractivity contribution is 14.1. The molecule has 0 saturated carbocycles. The lowest BCUT2D eigenvalue weighted by Crippen LogP contribution is -2.38. The summed E-state index contributed by atoms with van der Waals surface area (Å²) in [6.45, 7) is 6.63. The van der Waals surface area contributed by atoms with Crippen LogP contribution in [0.3, 0.4) is 0 Å². The zero-order chi connectivity index (χ0) is 9.07. The van der Waals surface area contributed by atoms with E-state index in [2.05, 4.69) is 27.9 Å². The van der Waals surface area contributed by atoms with E-state index in [0.717, 1.165) is 6.54 Å². The Kier molecular flexibility index (Phi) is 4.55. The van der Waals surface area contributed by atoms with Gasteiger partial charge >= 0.3 is 0 Å². The molecule has 11 heavy (non-hydrogen) atoms. The Morgan fingerprint density at radius 3 is 2.36 bits per heavy atom. The maximum absolute atomic E-state index is 11.5. The van der Waals surface area contributed by atoms with Gasteiger partial charge in [0, 0.05) is 12.0 Å². The highest BCUT2D eigenvalue weighted by atomic mass is 127. The van der Waals surface area contributed by atoms with Crippen molar-refractivity contribution in [1.29, 1.82) is 0 Å². The first-order chi connectivity index (χ1) is 4.91. The van der Waals surface area contributed by atoms with Crippen molar-refractivity contribution in [3.05, 3.63) is 0 Å². The van der Waals surface area contributed by atoms with Crippen LogP contribution in [0, 0.1) is 5.41 Å². The molecule has 0 spiro atoms. The van der Waals surface area contributed by atoms with Crippen molar-refractivity contribution in [3.63, 3.8) is 0 Å². The zero-order valence-electron chi connectivity index (χ0n) is 7.57. The molecule has 0 rings (SSSR count). The zero-order valence-corrected chi connectivity index (χ0v) is 9.73. The Morgan fingerprint density at radius 2 is 2.09 bits per heavy atom. The first kappa shape index (κ1) is 11.4. The topological polar surface area (TPSA) is 29.1 Å². The molecular formula is C8H16INO. The van der Waals surface area contributed by atoms with Gasteiger partial charge in [-0.05, 0) is 14.0 Å². The minimum Gasteiger partial charge on any atom is -0.319 e. The van der Waals surface area contributed by atoms with E-state index >= 15 is 0 Å². The van der Waals surface area contributed by atoms with Gasteiger partial charge in [-0.2, -0.15) is 0 Å². The second-order valence-electron chi connectivity index (χ2n) is 3.39. The van der Waals surface area contributed by atoms with Gasteiger partial charge in [-0.15, -0.1) is 0 Å². The molecule has 1 atom stereocenters. The first-order valence-corrected chi connectivity index (χ1v) is 4.99. The third-order valence-electron chi connectivity index (χ3n) is 1.65. The number of carbonyl (C=O) groups is 1. The van der Waals surface area contributed by atoms with E-state index in [-0.39, 0.29) is 9.34 Å². The maximum Gasteiger partial charge on any atom is 0.152 e. The van der Waals surface area contributed by atoms with Crippen molar-refractivity contribution in [2.24, 2.45) is 5.41 Å². The van der Waals surface area contributed by atoms with Crippen LogP contribution >= 0.6 is 22.6 Å². The molecule has 0 aromatic carbocycles. The molecule has 66 valence electrons. The van der Waals surface area contributed by atoms with Crippen LogP contribution in [0.15, 0.2) is 0 Å². The van der Waals surface area contributed by atoms with Gasteiger partial charge in [-0.1, -0.05) is 36.4 Å². The van der Waals surface area contributed by atoms with E-state index in [1.54, 1.807) is 0 Å². The summed E-state index contributed by atoms with van der Waals surface area (Å²) in [5.74, 6) is 0.312. The fourth-order valence-corrected chi connectivity index (χ4v) is 1.91. The van der Waals surface area contributed by atoms with Gasteiger partial charge in [0.25, 0.3) is 0 Å². The Hall–Kier alpha value is 0.360. The van der Waals surface area contributed by atoms with E-state index in [9.17, 15) is 4.79 Å². The fraction of sp³-hybridized carbons (Fsp3) is 0.875. The molecule has 1 unspecified atom stereocenters. The lowest BCUT2D eigenvalue weighted by Gasteiger charge is -2.23. The van der Waals surface area contributed by atoms with Gasteiger partial charge in [-0.3, -0.25) is 4.79 Å². The quantitative estimate of drug-likeness (QED) is 0.620. The van der Waals surface area contributed by atoms with Crippen LogP contribution in [0.4, 0.5) is 0 Å². The molecule has 0 radical (unpaired) electrons. The summed E-state index contributed by atoms with van der Waals surface area (Å²) in [4.78, 5) is 11.5. The van der Waals surface area contributed by atoms with E-state index in [4.69, 9.17) is 0 Å². The number of carbonyl (C=O) groups excluding carboxylic acids is 1. The van der Waals surface area contributed by atoms with Crippen molar-refractivity contribution < 1.29 is 4.79 Å². The lowest BCUT2D eigenvalue weighted by molar-refractivity contribution is -0.125. The Bertz CT molecular complexity index is 143. The lowest BCUT2D eigenvalue weighted by atomic mass is 9.87. The molecule has 0 aliphatic rings. The number of ketones is 1. The summed E-state index contributed by atoms with van der Waals surface area (Å²) in [5.41, 5.74) is -0.227. The second kappa shape index (κ2) is 4.40. The third-order valence-corrected chi connectivity index (χ3v) is 2.21. The molecule has 0 saturated heterocycles. The maximum atomic E-state index is 11.5. The van der Waals surface area contributed by atoms with Gasteiger partial charge in [0.15, 0.2) is 5.78 Å². The first-order valence-electron chi connectivity index (χ1n) is 3.75. The van der Waals surface area contributed by atoms with E-state index in [0.29, 0.717) is 5.78 Å². The summed E-state index contributed by atoms with van der Waals surface area (Å²) in [5, 5.41) is 3.02. The molecule has 0 heterocycles. The summed E-state index contributed by atoms with van der Waals surface area (Å²) in [6, 6.07) is 0. The number of rotatable bonds is 4. The van der Waals surface area contributed by atoms with Gasteiger partial charge in [0.1, 0.15) is 0 Å². The Labute approximate surface area is 82.3 Å². The van der Waals surface area contributed by atoms with Crippen LogP contribution < -0.4 is 5.32 Å². The largest absolute Gasteiger partial charge is 0.319 e. The molecule has 0 aromatic rings. The number of Topliss-reactive ketones (excluding diaryl/α,β-unsaturated/α-hetero) is 1. The van der Waals surface area contributed by atoms with Crippen molar-refractivity contribution >= 4 is 28.4 Å². The van der Waals surface area contributed by atoms with E-state index in [1.807, 2.05) is 27.8 Å². The summed E-state index contributed by atoms with van der Waals surface area (Å²) in [7, 11) is 1.87. The SMILES string of the molecule is CNCC(C)(C)C(=O)C(C)I. The monoisotopic (exact) mass is 269 g/mol. The number of halogens is 1. The Balaban J connectivity index is 4.17. The molecule has 0 amide bonds. The van der Waals surface area contributed by atoms with Crippen LogP contribution in [0.25, 0.3) is 0 Å². The molecule has 0 aromatic heterocycles. The van der Waals surface area contributed by atoms with Crippen molar-refractivity contribution in [2.45, 2.75) is 24.7 Å². The predicted molar refractivity (Wildman–Crippen MR) is 56.2 cm³/mol. The van der Waals surface area contributed by atoms with Crippen LogP contribution in [0.2, 0.25) is 0 Å². The molecular weight excluding hydrogens is 253 g/mol. The van der Waals surface area contributed by atoms with Crippen molar-refractivity contribution in [3.8, 4) is 0 Å². The van der Waals surface area contributed by atoms with E-state index < -0.39 is 0 Å². The van der Waals surface area contributed by atoms with Crippen LogP contribution in [-0.2, 0) is 4.79 Å². The van der Waals surface area contributed by atoms with E-state index in [1.165, 1.54) is 0 Å². The van der Waals surface area contributed by atoms with Gasteiger partial charge in [0.2, 0.25) is 0 Å². The van der Waals surface area contributed by atoms with Crippen LogP contribution in [-0.4, -0.2) is 23.3 Å². The third kappa shape index (κ3) is 3.51. The van der Waals surface area contributed by atoms with Gasteiger partial charge < -0.3 is 5.32 Å². The minimum atomic E-state index is -0.227. The smallest absolute Gasteiger partial charge is 0.152 e. The highest BCUT2D eigenvalue weighted by Crippen LogP contribution is 2.20. The summed E-state index contributed by atoms with van der Waals surface area (Å²) >= 11 is 2.16. The molecule has 0 aliphatic carbocycles. The normalized spacial score (nSPS) is 14.6. The molecule has 1 N–H and O–H groups in total.